The van der Waals surface area contributed by atoms with Crippen LogP contribution in [0.25, 0.3) is 0 Å². The molecular weight excluding hydrogens is 441 g/mol. The first kappa shape index (κ1) is 23.0. The average molecular weight is 469 g/mol. The number of hydrogen-bond donors (Lipinski definition) is 2. The monoisotopic (exact) mass is 469 g/mol. The molecule has 0 saturated carbocycles. The van der Waals surface area contributed by atoms with E-state index < -0.39 is 9.84 Å². The fourth-order valence-electron chi connectivity index (χ4n) is 1.95. The molecule has 2 N–H and O–H groups in total. The number of ether oxygens (including phenoxy) is 1. The Morgan fingerprint density at radius 2 is 1.96 bits per heavy atom. The minimum absolute atomic E-state index is 0. The summed E-state index contributed by atoms with van der Waals surface area (Å²) in [6.07, 6.45) is 1.77. The van der Waals surface area contributed by atoms with Crippen LogP contribution < -0.4 is 15.4 Å². The van der Waals surface area contributed by atoms with Crippen LogP contribution in [-0.2, 0) is 9.84 Å². The van der Waals surface area contributed by atoms with E-state index in [-0.39, 0.29) is 35.8 Å². The van der Waals surface area contributed by atoms with Crippen LogP contribution in [0.15, 0.2) is 29.3 Å². The van der Waals surface area contributed by atoms with Crippen LogP contribution in [0.3, 0.4) is 0 Å². The summed E-state index contributed by atoms with van der Waals surface area (Å²) >= 11 is 0. The molecule has 0 saturated heterocycles. The smallest absolute Gasteiger partial charge is 0.191 e. The molecule has 8 heteroatoms. The third kappa shape index (κ3) is 9.96. The first-order valence-electron chi connectivity index (χ1n) is 7.66. The Bertz CT molecular complexity index is 621. The molecule has 0 aliphatic heterocycles. The minimum Gasteiger partial charge on any atom is -0.489 e. The lowest BCUT2D eigenvalue weighted by molar-refractivity contribution is 0.222. The van der Waals surface area contributed by atoms with Gasteiger partial charge in [0.25, 0.3) is 0 Å². The lowest BCUT2D eigenvalue weighted by Gasteiger charge is -2.18. The topological polar surface area (TPSA) is 79.8 Å². The van der Waals surface area contributed by atoms with E-state index in [1.54, 1.807) is 7.05 Å². The van der Waals surface area contributed by atoms with E-state index in [1.807, 2.05) is 38.1 Å². The molecule has 24 heavy (non-hydrogen) atoms. The number of nitrogens with one attached hydrogen (secondary N) is 2. The molecule has 0 heterocycles. The standard InChI is InChI=1S/C16H27N3O3S.HI/c1-13-8-5-6-9-15(13)22-14(2)12-19-16(17-3)18-10-7-11-23(4,20)21;/h5-6,8-9,14H,7,10-12H2,1-4H3,(H2,17,18,19);1H. The molecule has 0 spiro atoms. The number of aliphatic imine (C=N–C) groups is 1. The van der Waals surface area contributed by atoms with E-state index >= 15 is 0 Å². The molecule has 1 unspecified atom stereocenters. The predicted octanol–water partition coefficient (Wildman–Crippen LogP) is 1.98. The fourth-order valence-corrected chi connectivity index (χ4v) is 2.62. The average Bonchev–Trinajstić information content (AvgIpc) is 2.48. The predicted molar refractivity (Wildman–Crippen MR) is 110 cm³/mol. The van der Waals surface area contributed by atoms with Crippen molar-refractivity contribution in [2.24, 2.45) is 4.99 Å². The Hall–Kier alpha value is -1.03. The van der Waals surface area contributed by atoms with E-state index in [0.717, 1.165) is 11.3 Å². The molecule has 0 fully saturated rings. The van der Waals surface area contributed by atoms with Crippen molar-refractivity contribution in [1.82, 2.24) is 10.6 Å². The summed E-state index contributed by atoms with van der Waals surface area (Å²) < 4.78 is 28.0. The number of hydrogen-bond acceptors (Lipinski definition) is 4. The normalized spacial score (nSPS) is 12.9. The Morgan fingerprint density at radius 3 is 2.54 bits per heavy atom. The summed E-state index contributed by atoms with van der Waals surface area (Å²) in [5.74, 6) is 1.68. The van der Waals surface area contributed by atoms with Crippen molar-refractivity contribution in [1.29, 1.82) is 0 Å². The van der Waals surface area contributed by atoms with Gasteiger partial charge in [-0.15, -0.1) is 24.0 Å². The molecule has 0 aliphatic carbocycles. The molecule has 1 rings (SSSR count). The van der Waals surface area contributed by atoms with Crippen LogP contribution >= 0.6 is 24.0 Å². The number of rotatable bonds is 8. The van der Waals surface area contributed by atoms with Crippen LogP contribution in [0, 0.1) is 6.92 Å². The van der Waals surface area contributed by atoms with Crippen molar-refractivity contribution in [3.05, 3.63) is 29.8 Å². The summed E-state index contributed by atoms with van der Waals surface area (Å²) in [4.78, 5) is 4.11. The number of halogens is 1. The molecule has 0 aromatic heterocycles. The second-order valence-corrected chi connectivity index (χ2v) is 7.82. The Kier molecular flexibility index (Phi) is 11.0. The van der Waals surface area contributed by atoms with Gasteiger partial charge in [0.2, 0.25) is 0 Å². The van der Waals surface area contributed by atoms with Gasteiger partial charge in [0.05, 0.1) is 12.3 Å². The highest BCUT2D eigenvalue weighted by molar-refractivity contribution is 14.0. The van der Waals surface area contributed by atoms with Crippen molar-refractivity contribution in [3.8, 4) is 5.75 Å². The summed E-state index contributed by atoms with van der Waals surface area (Å²) in [6, 6.07) is 7.89. The molecule has 1 aromatic carbocycles. The summed E-state index contributed by atoms with van der Waals surface area (Å²) in [7, 11) is -1.23. The van der Waals surface area contributed by atoms with Gasteiger partial charge < -0.3 is 15.4 Å². The van der Waals surface area contributed by atoms with E-state index in [0.29, 0.717) is 25.5 Å². The van der Waals surface area contributed by atoms with Crippen LogP contribution in [0.5, 0.6) is 5.75 Å². The van der Waals surface area contributed by atoms with E-state index in [4.69, 9.17) is 4.74 Å². The second-order valence-electron chi connectivity index (χ2n) is 5.56. The summed E-state index contributed by atoms with van der Waals surface area (Å²) in [6.45, 7) is 5.15. The Morgan fingerprint density at radius 1 is 1.29 bits per heavy atom. The van der Waals surface area contributed by atoms with E-state index in [2.05, 4.69) is 15.6 Å². The van der Waals surface area contributed by atoms with Gasteiger partial charge in [0, 0.05) is 19.8 Å². The largest absolute Gasteiger partial charge is 0.489 e. The van der Waals surface area contributed by atoms with Gasteiger partial charge in [0.1, 0.15) is 21.7 Å². The van der Waals surface area contributed by atoms with E-state index in [1.165, 1.54) is 6.26 Å². The number of guanidine groups is 1. The highest BCUT2D eigenvalue weighted by atomic mass is 127. The Balaban J connectivity index is 0.00000529. The first-order chi connectivity index (χ1) is 10.8. The zero-order chi connectivity index (χ0) is 17.3. The molecule has 0 amide bonds. The van der Waals surface area contributed by atoms with Gasteiger partial charge in [-0.1, -0.05) is 18.2 Å². The lowest BCUT2D eigenvalue weighted by Crippen LogP contribution is -2.42. The summed E-state index contributed by atoms with van der Waals surface area (Å²) in [5, 5.41) is 6.26. The van der Waals surface area contributed by atoms with Gasteiger partial charge in [-0.2, -0.15) is 0 Å². The fraction of sp³-hybridized carbons (Fsp3) is 0.562. The van der Waals surface area contributed by atoms with Gasteiger partial charge in [-0.05, 0) is 31.9 Å². The third-order valence-corrected chi connectivity index (χ3v) is 4.22. The maximum Gasteiger partial charge on any atom is 0.191 e. The number of aryl methyl sites for hydroxylation is 1. The highest BCUT2D eigenvalue weighted by Crippen LogP contribution is 2.17. The van der Waals surface area contributed by atoms with Crippen molar-refractivity contribution >= 4 is 39.8 Å². The van der Waals surface area contributed by atoms with Crippen molar-refractivity contribution in [3.63, 3.8) is 0 Å². The van der Waals surface area contributed by atoms with Gasteiger partial charge in [-0.3, -0.25) is 4.99 Å². The minimum atomic E-state index is -2.91. The van der Waals surface area contributed by atoms with E-state index in [9.17, 15) is 8.42 Å². The number of sulfone groups is 1. The number of nitrogens with zero attached hydrogens (tertiary/aromatic N) is 1. The quantitative estimate of drug-likeness (QED) is 0.264. The van der Waals surface area contributed by atoms with Crippen LogP contribution in [-0.4, -0.2) is 52.6 Å². The van der Waals surface area contributed by atoms with Crippen molar-refractivity contribution in [2.75, 3.05) is 32.1 Å². The molecule has 138 valence electrons. The number of para-hydroxylation sites is 1. The van der Waals surface area contributed by atoms with Gasteiger partial charge in [0.15, 0.2) is 5.96 Å². The molecule has 0 bridgehead atoms. The zero-order valence-corrected chi connectivity index (χ0v) is 17.9. The Labute approximate surface area is 162 Å². The molecular formula is C16H28IN3O3S. The van der Waals surface area contributed by atoms with Crippen LogP contribution in [0.1, 0.15) is 18.9 Å². The summed E-state index contributed by atoms with van der Waals surface area (Å²) in [5.41, 5.74) is 1.10. The van der Waals surface area contributed by atoms with Crippen LogP contribution in [0.2, 0.25) is 0 Å². The SMILES string of the molecule is CN=C(NCCCS(C)(=O)=O)NCC(C)Oc1ccccc1C.I. The zero-order valence-electron chi connectivity index (χ0n) is 14.7. The second kappa shape index (κ2) is 11.5. The maximum absolute atomic E-state index is 11.1. The molecule has 0 radical (unpaired) electrons. The van der Waals surface area contributed by atoms with Crippen molar-refractivity contribution < 1.29 is 13.2 Å². The maximum atomic E-state index is 11.1. The van der Waals surface area contributed by atoms with Gasteiger partial charge in [-0.25, -0.2) is 8.42 Å². The van der Waals surface area contributed by atoms with Crippen LogP contribution in [0.4, 0.5) is 0 Å². The van der Waals surface area contributed by atoms with Crippen molar-refractivity contribution in [2.45, 2.75) is 26.4 Å². The molecule has 6 nitrogen and oxygen atoms in total. The molecule has 0 aliphatic rings. The first-order valence-corrected chi connectivity index (χ1v) is 9.72. The third-order valence-electron chi connectivity index (χ3n) is 3.19. The van der Waals surface area contributed by atoms with Gasteiger partial charge >= 0.3 is 0 Å². The highest BCUT2D eigenvalue weighted by Gasteiger charge is 2.07. The molecule has 1 atom stereocenters. The lowest BCUT2D eigenvalue weighted by atomic mass is 10.2. The molecule has 1 aromatic rings. The number of benzene rings is 1.